The van der Waals surface area contributed by atoms with Crippen LogP contribution in [0.25, 0.3) is 0 Å². The molecule has 30 heavy (non-hydrogen) atoms. The number of hydrogen-bond acceptors (Lipinski definition) is 8. The first-order valence-corrected chi connectivity index (χ1v) is 10.9. The maximum Gasteiger partial charge on any atom is 0.305 e. The van der Waals surface area contributed by atoms with Gasteiger partial charge in [-0.2, -0.15) is 0 Å². The highest BCUT2D eigenvalue weighted by Gasteiger charge is 2.49. The van der Waals surface area contributed by atoms with Crippen molar-refractivity contribution >= 4 is 5.97 Å². The van der Waals surface area contributed by atoms with E-state index in [1.807, 2.05) is 6.92 Å². The molecule has 8 nitrogen and oxygen atoms in total. The Morgan fingerprint density at radius 2 is 1.90 bits per heavy atom. The monoisotopic (exact) mass is 428 g/mol. The van der Waals surface area contributed by atoms with Gasteiger partial charge in [0.2, 0.25) is 0 Å². The van der Waals surface area contributed by atoms with Crippen LogP contribution >= 0.6 is 0 Å². The number of esters is 1. The first-order chi connectivity index (χ1) is 14.2. The van der Waals surface area contributed by atoms with Crippen LogP contribution in [0.5, 0.6) is 0 Å². The summed E-state index contributed by atoms with van der Waals surface area (Å²) >= 11 is 0. The minimum absolute atomic E-state index is 0.0781. The number of carbonyl (C=O) groups is 1. The fourth-order valence-electron chi connectivity index (χ4n) is 4.92. The Kier molecular flexibility index (Phi) is 7.92. The number of aliphatic hydroxyl groups is 3. The minimum atomic E-state index is -0.803. The Morgan fingerprint density at radius 1 is 1.17 bits per heavy atom. The molecule has 0 spiro atoms. The lowest BCUT2D eigenvalue weighted by atomic mass is 9.79. The summed E-state index contributed by atoms with van der Waals surface area (Å²) in [7, 11) is 1.38. The Hall–Kier alpha value is -1.03. The maximum atomic E-state index is 11.5. The third-order valence-electron chi connectivity index (χ3n) is 6.93. The molecule has 3 rings (SSSR count). The van der Waals surface area contributed by atoms with E-state index < -0.39 is 24.4 Å². The lowest BCUT2D eigenvalue weighted by Crippen LogP contribution is -2.61. The quantitative estimate of drug-likeness (QED) is 0.423. The molecule has 0 aromatic rings. The molecule has 0 unspecified atom stereocenters. The van der Waals surface area contributed by atoms with E-state index in [0.29, 0.717) is 25.7 Å². The Bertz CT molecular complexity index is 610. The summed E-state index contributed by atoms with van der Waals surface area (Å²) in [5.41, 5.74) is 0.968. The minimum Gasteiger partial charge on any atom is -0.469 e. The van der Waals surface area contributed by atoms with Gasteiger partial charge < -0.3 is 34.3 Å². The average molecular weight is 429 g/mol. The first kappa shape index (κ1) is 23.6. The van der Waals surface area contributed by atoms with Crippen molar-refractivity contribution in [1.29, 1.82) is 0 Å². The number of aliphatic hydroxyl groups excluding tert-OH is 3. The van der Waals surface area contributed by atoms with Crippen molar-refractivity contribution in [3.63, 3.8) is 0 Å². The van der Waals surface area contributed by atoms with E-state index in [4.69, 9.17) is 18.9 Å². The van der Waals surface area contributed by atoms with Gasteiger partial charge in [0.05, 0.1) is 56.4 Å². The molecule has 10 atom stereocenters. The first-order valence-electron chi connectivity index (χ1n) is 10.9. The van der Waals surface area contributed by atoms with Crippen LogP contribution in [0.1, 0.15) is 46.0 Å². The molecular formula is C22H36O8. The predicted molar refractivity (Wildman–Crippen MR) is 108 cm³/mol. The molecule has 8 heteroatoms. The Balaban J connectivity index is 1.64. The second-order valence-electron chi connectivity index (χ2n) is 9.00. The number of carbonyl (C=O) groups excluding carboxylic acids is 1. The van der Waals surface area contributed by atoms with Crippen LogP contribution in [0.15, 0.2) is 12.2 Å². The van der Waals surface area contributed by atoms with Gasteiger partial charge in [-0.1, -0.05) is 20.4 Å². The number of methoxy groups -OCH3 is 1. The van der Waals surface area contributed by atoms with Crippen LogP contribution in [-0.4, -0.2) is 83.8 Å². The van der Waals surface area contributed by atoms with Crippen LogP contribution in [-0.2, 0) is 23.7 Å². The van der Waals surface area contributed by atoms with Gasteiger partial charge in [-0.05, 0) is 24.3 Å². The van der Waals surface area contributed by atoms with Crippen LogP contribution < -0.4 is 0 Å². The number of rotatable bonds is 6. The standard InChI is InChI=1S/C22H36O8/c1-11-7-14(5-6-20(25)27-4)28-16(12(11)2)9-17-21(26)13(3)22-18(29-17)8-15(24)19(10-23)30-22/h11,13-19,21-24,26H,2,5-10H2,1,3-4H3/t11-,13-,14+,15-,16-,17+,18+,19-,21-,22+/m1/s1. The van der Waals surface area contributed by atoms with E-state index in [1.165, 1.54) is 7.11 Å². The SMILES string of the molecule is C=C1[C@H](C)C[C@H](CCC(=O)OC)O[C@@H]1C[C@@H]1O[C@H]2C[C@@H](O)[C@@H](CO)O[C@H]2[C@H](C)[C@H]1O. The van der Waals surface area contributed by atoms with Gasteiger partial charge in [0.25, 0.3) is 0 Å². The largest absolute Gasteiger partial charge is 0.469 e. The molecular weight excluding hydrogens is 392 g/mol. The molecule has 3 N–H and O–H groups in total. The van der Waals surface area contributed by atoms with E-state index >= 15 is 0 Å². The lowest BCUT2D eigenvalue weighted by molar-refractivity contribution is -0.271. The van der Waals surface area contributed by atoms with Gasteiger partial charge in [-0.25, -0.2) is 0 Å². The van der Waals surface area contributed by atoms with E-state index in [0.717, 1.165) is 12.0 Å². The molecule has 3 fully saturated rings. The molecule has 3 aliphatic heterocycles. The van der Waals surface area contributed by atoms with Crippen molar-refractivity contribution in [1.82, 2.24) is 0 Å². The number of hydrogen-bond donors (Lipinski definition) is 3. The molecule has 172 valence electrons. The molecule has 0 radical (unpaired) electrons. The summed E-state index contributed by atoms with van der Waals surface area (Å²) in [5.74, 6) is -0.225. The average Bonchev–Trinajstić information content (AvgIpc) is 2.73. The van der Waals surface area contributed by atoms with E-state index in [1.54, 1.807) is 0 Å². The zero-order valence-corrected chi connectivity index (χ0v) is 18.1. The van der Waals surface area contributed by atoms with E-state index in [2.05, 4.69) is 13.5 Å². The molecule has 0 aromatic heterocycles. The smallest absolute Gasteiger partial charge is 0.305 e. The molecule has 3 aliphatic rings. The molecule has 0 aliphatic carbocycles. The second-order valence-corrected chi connectivity index (χ2v) is 9.00. The van der Waals surface area contributed by atoms with Gasteiger partial charge in [-0.3, -0.25) is 4.79 Å². The van der Waals surface area contributed by atoms with Crippen molar-refractivity contribution in [3.8, 4) is 0 Å². The van der Waals surface area contributed by atoms with Gasteiger partial charge in [0.15, 0.2) is 0 Å². The van der Waals surface area contributed by atoms with Crippen LogP contribution in [0.2, 0.25) is 0 Å². The van der Waals surface area contributed by atoms with Gasteiger partial charge in [-0.15, -0.1) is 0 Å². The Labute approximate surface area is 178 Å². The second kappa shape index (κ2) is 10.1. The molecule has 3 heterocycles. The summed E-state index contributed by atoms with van der Waals surface area (Å²) in [6.45, 7) is 7.94. The number of ether oxygens (including phenoxy) is 4. The summed E-state index contributed by atoms with van der Waals surface area (Å²) in [6, 6.07) is 0. The van der Waals surface area contributed by atoms with Crippen molar-refractivity contribution in [2.75, 3.05) is 13.7 Å². The predicted octanol–water partition coefficient (Wildman–Crippen LogP) is 0.955. The topological polar surface area (TPSA) is 115 Å². The highest BCUT2D eigenvalue weighted by atomic mass is 16.6. The summed E-state index contributed by atoms with van der Waals surface area (Å²) < 4.78 is 22.9. The lowest BCUT2D eigenvalue weighted by Gasteiger charge is -2.50. The van der Waals surface area contributed by atoms with E-state index in [9.17, 15) is 20.1 Å². The van der Waals surface area contributed by atoms with Gasteiger partial charge in [0.1, 0.15) is 6.10 Å². The number of fused-ring (bicyclic) bond motifs is 1. The van der Waals surface area contributed by atoms with Crippen molar-refractivity contribution < 1.29 is 39.1 Å². The van der Waals surface area contributed by atoms with E-state index in [-0.39, 0.29) is 48.8 Å². The summed E-state index contributed by atoms with van der Waals surface area (Å²) in [5, 5.41) is 30.5. The molecule has 0 bridgehead atoms. The fraction of sp³-hybridized carbons (Fsp3) is 0.864. The molecule has 3 saturated heterocycles. The maximum absolute atomic E-state index is 11.5. The summed E-state index contributed by atoms with van der Waals surface area (Å²) in [6.07, 6.45) is -1.29. The van der Waals surface area contributed by atoms with Crippen molar-refractivity contribution in [2.45, 2.75) is 94.8 Å². The molecule has 0 aromatic carbocycles. The van der Waals surface area contributed by atoms with Crippen molar-refractivity contribution in [2.24, 2.45) is 11.8 Å². The molecule has 0 saturated carbocycles. The highest BCUT2D eigenvalue weighted by molar-refractivity contribution is 5.69. The fourth-order valence-corrected chi connectivity index (χ4v) is 4.92. The normalized spacial score (nSPS) is 44.4. The zero-order valence-electron chi connectivity index (χ0n) is 18.1. The summed E-state index contributed by atoms with van der Waals surface area (Å²) in [4.78, 5) is 11.5. The van der Waals surface area contributed by atoms with Crippen LogP contribution in [0, 0.1) is 11.8 Å². The zero-order chi connectivity index (χ0) is 22.0. The van der Waals surface area contributed by atoms with Gasteiger partial charge >= 0.3 is 5.97 Å². The Morgan fingerprint density at radius 3 is 2.57 bits per heavy atom. The highest BCUT2D eigenvalue weighted by Crippen LogP contribution is 2.39. The van der Waals surface area contributed by atoms with Crippen LogP contribution in [0.3, 0.4) is 0 Å². The molecule has 0 amide bonds. The third kappa shape index (κ3) is 5.06. The van der Waals surface area contributed by atoms with Gasteiger partial charge in [0, 0.05) is 25.2 Å². The van der Waals surface area contributed by atoms with Crippen LogP contribution in [0.4, 0.5) is 0 Å². The third-order valence-corrected chi connectivity index (χ3v) is 6.93. The van der Waals surface area contributed by atoms with Crippen molar-refractivity contribution in [3.05, 3.63) is 12.2 Å².